The molecule has 7 N–H and O–H groups in total. The lowest BCUT2D eigenvalue weighted by Gasteiger charge is -2.56. The van der Waals surface area contributed by atoms with Crippen molar-refractivity contribution in [3.05, 3.63) is 209 Å². The summed E-state index contributed by atoms with van der Waals surface area (Å²) in [5.74, 6) is 4.66. The van der Waals surface area contributed by atoms with Crippen LogP contribution in [0, 0.1) is 50.9 Å². The van der Waals surface area contributed by atoms with Gasteiger partial charge in [0, 0.05) is 106 Å². The number of fused-ring (bicyclic) bond motifs is 1. The van der Waals surface area contributed by atoms with Crippen molar-refractivity contribution < 1.29 is 28.0 Å². The first-order valence-corrected chi connectivity index (χ1v) is 46.1. The summed E-state index contributed by atoms with van der Waals surface area (Å²) in [6.45, 7) is 68.1. The first kappa shape index (κ1) is 107. The zero-order valence-electron chi connectivity index (χ0n) is 82.8. The lowest BCUT2D eigenvalue weighted by Crippen LogP contribution is -2.53. The first-order valence-electron chi connectivity index (χ1n) is 46.1. The van der Waals surface area contributed by atoms with E-state index in [9.17, 15) is 19.2 Å². The number of oxazole rings is 1. The van der Waals surface area contributed by atoms with Crippen LogP contribution in [0.25, 0.3) is 22.4 Å². The topological polar surface area (TPSA) is 231 Å². The van der Waals surface area contributed by atoms with Gasteiger partial charge < -0.3 is 51.0 Å². The fraction of sp³-hybridized carbons (Fsp3) is 0.575. The molecule has 19 nitrogen and oxygen atoms in total. The van der Waals surface area contributed by atoms with E-state index >= 15 is 0 Å². The number of nitrogens with zero attached hydrogens (tertiary/aromatic N) is 6. The van der Waals surface area contributed by atoms with E-state index < -0.39 is 0 Å². The lowest BCUT2D eigenvalue weighted by atomic mass is 9.48. The molecule has 4 aromatic heterocycles. The van der Waals surface area contributed by atoms with Gasteiger partial charge in [-0.25, -0.2) is 0 Å². The summed E-state index contributed by atoms with van der Waals surface area (Å²) in [5, 5.41) is 31.7. The Morgan fingerprint density at radius 1 is 0.496 bits per heavy atom. The van der Waals surface area contributed by atoms with Crippen molar-refractivity contribution in [1.29, 1.82) is 0 Å². The van der Waals surface area contributed by atoms with Gasteiger partial charge in [0.15, 0.2) is 28.7 Å². The maximum Gasteiger partial charge on any atom is 0.295 e. The first-order chi connectivity index (χ1) is 58.2. The van der Waals surface area contributed by atoms with Crippen molar-refractivity contribution in [2.75, 3.05) is 49.5 Å². The SMILES string of the molecule is CC(C)(C)NCC(=O)C12CC3CC(CC(C3)C1)C2.CC(C)(C)NCc1ccco1.CC(C)(C)n1ccc(-c2ccccc2)n1.CC(C)NC(C)(C)C.CC(C)NCC(=O)c1ccc(N2CCCCC2)cc1.CC(C)Nc1nc2ccccc2o1.Cc1cc(C)n(C(C)(C)C)n1.Cc1ccc(C(=O)CNC(C)C)cc1.Cc1ccc(CC(=O)CNC(C)(C)C)cc1. The summed E-state index contributed by atoms with van der Waals surface area (Å²) in [4.78, 5) is 54.6. The van der Waals surface area contributed by atoms with Crippen molar-refractivity contribution in [3.63, 3.8) is 0 Å². The van der Waals surface area contributed by atoms with Crippen LogP contribution in [0.5, 0.6) is 0 Å². The summed E-state index contributed by atoms with van der Waals surface area (Å²) in [6.07, 6.45) is 16.0. The van der Waals surface area contributed by atoms with Crippen LogP contribution >= 0.6 is 0 Å². The van der Waals surface area contributed by atoms with Crippen LogP contribution in [0.1, 0.15) is 292 Å². The smallest absolute Gasteiger partial charge is 0.295 e. The molecule has 125 heavy (non-hydrogen) atoms. The van der Waals surface area contributed by atoms with Crippen molar-refractivity contribution in [2.45, 2.75) is 336 Å². The Kier molecular flexibility index (Phi) is 42.9. The molecule has 19 heteroatoms. The molecule has 5 fully saturated rings. The summed E-state index contributed by atoms with van der Waals surface area (Å²) in [7, 11) is 0. The van der Waals surface area contributed by atoms with Crippen molar-refractivity contribution in [2.24, 2.45) is 23.2 Å². The number of hydrogen-bond donors (Lipinski definition) is 7. The Hall–Kier alpha value is -8.69. The monoisotopic (exact) mass is 1720 g/mol. The molecule has 0 unspecified atom stereocenters. The number of Topliss-reactive ketones (excluding diaryl/α,β-unsaturated/α-hetero) is 4. The molecule has 690 valence electrons. The second-order valence-corrected chi connectivity index (χ2v) is 42.1. The Morgan fingerprint density at radius 2 is 0.992 bits per heavy atom. The average molecular weight is 1720 g/mol. The highest BCUT2D eigenvalue weighted by atomic mass is 16.4. The fourth-order valence-electron chi connectivity index (χ4n) is 15.5. The third-order valence-corrected chi connectivity index (χ3v) is 21.2. The molecule has 1 aliphatic heterocycles. The molecule has 0 radical (unpaired) electrons. The van der Waals surface area contributed by atoms with Gasteiger partial charge >= 0.3 is 0 Å². The molecule has 5 heterocycles. The molecular weight excluding hydrogens is 1550 g/mol. The number of rotatable bonds is 22. The van der Waals surface area contributed by atoms with Crippen LogP contribution in [0.2, 0.25) is 0 Å². The molecule has 14 rings (SSSR count). The van der Waals surface area contributed by atoms with Gasteiger partial charge in [0.05, 0.1) is 61.5 Å². The third kappa shape index (κ3) is 42.7. The van der Waals surface area contributed by atoms with Crippen molar-refractivity contribution in [1.82, 2.24) is 56.4 Å². The van der Waals surface area contributed by atoms with Gasteiger partial charge in [-0.15, -0.1) is 0 Å². The van der Waals surface area contributed by atoms with Crippen LogP contribution in [-0.4, -0.2) is 133 Å². The molecular formula is C106H165N13O6. The Balaban J connectivity index is 0.000000252. The zero-order valence-corrected chi connectivity index (χ0v) is 82.8. The van der Waals surface area contributed by atoms with E-state index in [2.05, 4.69) is 258 Å². The summed E-state index contributed by atoms with van der Waals surface area (Å²) < 4.78 is 14.7. The molecule has 0 atom stereocenters. The second kappa shape index (κ2) is 50.2. The number of hydrogen-bond acceptors (Lipinski definition) is 17. The van der Waals surface area contributed by atoms with Crippen molar-refractivity contribution in [3.8, 4) is 11.3 Å². The van der Waals surface area contributed by atoms with E-state index in [0.717, 1.165) is 82.3 Å². The minimum Gasteiger partial charge on any atom is -0.468 e. The number of aromatic nitrogens is 5. The highest BCUT2D eigenvalue weighted by Gasteiger charge is 2.54. The number of carbonyl (C=O) groups excluding carboxylic acids is 4. The minimum absolute atomic E-state index is 0.00291. The number of ketones is 4. The molecule has 4 bridgehead atoms. The maximum atomic E-state index is 12.7. The number of anilines is 2. The number of para-hydroxylation sites is 2. The van der Waals surface area contributed by atoms with Gasteiger partial charge in [-0.1, -0.05) is 144 Å². The molecule has 5 aliphatic rings. The van der Waals surface area contributed by atoms with Crippen LogP contribution in [0.3, 0.4) is 0 Å². The van der Waals surface area contributed by atoms with Crippen molar-refractivity contribution >= 4 is 45.9 Å². The molecule has 1 saturated heterocycles. The van der Waals surface area contributed by atoms with Crippen LogP contribution in [0.15, 0.2) is 173 Å². The van der Waals surface area contributed by atoms with E-state index in [4.69, 9.17) is 8.83 Å². The van der Waals surface area contributed by atoms with E-state index in [-0.39, 0.29) is 56.0 Å². The quantitative estimate of drug-likeness (QED) is 0.0313. The third-order valence-electron chi connectivity index (χ3n) is 21.2. The number of carbonyl (C=O) groups is 4. The second-order valence-electron chi connectivity index (χ2n) is 42.1. The van der Waals surface area contributed by atoms with Gasteiger partial charge in [0.25, 0.3) is 6.01 Å². The molecule has 4 saturated carbocycles. The maximum absolute atomic E-state index is 12.7. The Bertz CT molecular complexity index is 4490. The number of nitrogens with one attached hydrogen (secondary N) is 7. The van der Waals surface area contributed by atoms with Gasteiger partial charge in [0.2, 0.25) is 0 Å². The Morgan fingerprint density at radius 3 is 1.41 bits per heavy atom. The number of aryl methyl sites for hydroxylation is 4. The van der Waals surface area contributed by atoms with Gasteiger partial charge in [-0.3, -0.25) is 28.5 Å². The van der Waals surface area contributed by atoms with E-state index in [1.54, 1.807) is 6.26 Å². The molecule has 4 aliphatic carbocycles. The largest absolute Gasteiger partial charge is 0.468 e. The Labute approximate surface area is 755 Å². The number of benzene rings is 5. The predicted octanol–water partition coefficient (Wildman–Crippen LogP) is 22.8. The fourth-order valence-corrected chi connectivity index (χ4v) is 15.5. The van der Waals surface area contributed by atoms with Gasteiger partial charge in [-0.05, 0) is 308 Å². The van der Waals surface area contributed by atoms with E-state index in [1.807, 2.05) is 175 Å². The average Bonchev–Trinajstić information content (AvgIpc) is 1.31. The standard InChI is InChI=1S/C16H24N2O.C16H27NO.C14H21NO.C13H16N2.C12H17NO.C10H12N2O.C9H16N2.C9H15NO.C7H17N/c1-13(2)17-12-16(19)14-6-8-15(9-7-14)18-10-4-3-5-11-18;1-15(2,3)17-10-14(18)16-7-11-4-12(8-16)6-13(5-11)9-16;1-11-5-7-12(8-6-11)9-13(16)10-15-14(2,3)4;1-13(2,3)15-10-9-12(14-15)11-7-5-4-6-8-11;1-9(2)13-8-12(14)11-6-4-10(3)5-7-11;1-7(2)11-10-12-8-5-3-4-6-9(8)13-10;1-7-6-8(2)11(10-7)9(3,4)5;1-9(2,3)10-7-8-5-4-6-11-8;1-6(2)8-7(3,4)5/h6-9,13,17H,3-5,10-12H2,1-2H3;11-13,17H,4-10H2,1-3H3;5-8,15H,9-10H2,1-4H3;4-10H,1-3H3;4-7,9,13H,8H2,1-3H3;3-7H,1-2H3,(H,11,12);6H,1-5H3;4-6,10H,7H2,1-3H3;6,8H,1-5H3. The summed E-state index contributed by atoms with van der Waals surface area (Å²) in [6, 6.07) is 52.1. The minimum atomic E-state index is 0.00291. The van der Waals surface area contributed by atoms with E-state index in [1.165, 1.54) is 85.9 Å². The highest BCUT2D eigenvalue weighted by Crippen LogP contribution is 2.60. The van der Waals surface area contributed by atoms with E-state index in [0.29, 0.717) is 68.6 Å². The molecule has 0 spiro atoms. The number of piperidine rings is 1. The normalized spacial score (nSPS) is 16.6. The predicted molar refractivity (Wildman–Crippen MR) is 525 cm³/mol. The summed E-state index contributed by atoms with van der Waals surface area (Å²) >= 11 is 0. The zero-order chi connectivity index (χ0) is 93.3. The van der Waals surface area contributed by atoms with Crippen LogP contribution < -0.4 is 42.1 Å². The highest BCUT2D eigenvalue weighted by molar-refractivity contribution is 5.98. The van der Waals surface area contributed by atoms with Crippen LogP contribution in [0.4, 0.5) is 11.7 Å². The van der Waals surface area contributed by atoms with Gasteiger partial charge in [-0.2, -0.15) is 15.2 Å². The lowest BCUT2D eigenvalue weighted by molar-refractivity contribution is -0.143. The molecule has 0 amide bonds. The number of furan rings is 1. The molecule has 9 aromatic rings. The van der Waals surface area contributed by atoms with Crippen LogP contribution in [-0.2, 0) is 33.6 Å². The summed E-state index contributed by atoms with van der Waals surface area (Å²) in [5.41, 5.74) is 13.3. The van der Waals surface area contributed by atoms with Gasteiger partial charge in [0.1, 0.15) is 11.3 Å². The molecule has 5 aromatic carbocycles.